The summed E-state index contributed by atoms with van der Waals surface area (Å²) >= 11 is 0. The Balaban J connectivity index is 1.07. The maximum absolute atomic E-state index is 12.9. The van der Waals surface area contributed by atoms with Gasteiger partial charge in [-0.05, 0) is 63.2 Å². The second-order valence-corrected chi connectivity index (χ2v) is 18.6. The van der Waals surface area contributed by atoms with E-state index in [1.807, 2.05) is 48.5 Å². The fourth-order valence-corrected chi connectivity index (χ4v) is 10.6. The number of nitrogens with zero attached hydrogens (tertiary/aromatic N) is 2. The van der Waals surface area contributed by atoms with E-state index in [0.29, 0.717) is 111 Å². The zero-order valence-corrected chi connectivity index (χ0v) is 41.8. The van der Waals surface area contributed by atoms with Crippen molar-refractivity contribution in [2.24, 2.45) is 0 Å². The molecule has 4 atom stereocenters. The molecular formula is C54H72N2O14+2. The van der Waals surface area contributed by atoms with Crippen LogP contribution in [0.3, 0.4) is 0 Å². The van der Waals surface area contributed by atoms with Crippen LogP contribution >= 0.6 is 0 Å². The lowest BCUT2D eigenvalue weighted by Gasteiger charge is -2.46. The van der Waals surface area contributed by atoms with E-state index in [2.05, 4.69) is 14.1 Å². The van der Waals surface area contributed by atoms with Crippen LogP contribution in [0.2, 0.25) is 0 Å². The van der Waals surface area contributed by atoms with E-state index in [1.165, 1.54) is 0 Å². The fraction of sp³-hybridized carbons (Fsp3) is 0.481. The molecule has 2 aliphatic rings. The van der Waals surface area contributed by atoms with Gasteiger partial charge in [0.25, 0.3) is 0 Å². The molecular weight excluding hydrogens is 901 g/mol. The number of hydrogen-bond donors (Lipinski definition) is 5. The minimum absolute atomic E-state index is 0.0355. The smallest absolute Gasteiger partial charge is 0.331 e. The van der Waals surface area contributed by atoms with Gasteiger partial charge in [0.15, 0.2) is 23.0 Å². The first kappa shape index (κ1) is 53.6. The number of fused-ring (bicyclic) bond motifs is 2. The Labute approximate surface area is 411 Å². The van der Waals surface area contributed by atoms with Crippen LogP contribution in [0.15, 0.2) is 60.7 Å². The molecule has 0 amide bonds. The molecule has 380 valence electrons. The molecule has 6 rings (SSSR count). The van der Waals surface area contributed by atoms with Crippen molar-refractivity contribution < 1.29 is 77.2 Å². The molecule has 4 aromatic rings. The van der Waals surface area contributed by atoms with Crippen molar-refractivity contribution in [3.8, 4) is 28.7 Å². The standard InChI is InChI=1S/C54H72N2O14/c1-55(18-14-37-28-47(64-3)48(65-4)29-43(37)45(55)25-36-23-42(33-60)53(67-6)49(26-36)66-5)16-8-20-69-50(62)12-13-51(63)70-21-9-17-56(2)19-15-38-27-41(32-59)44(34-61)54(68-7)52(38)46(56)24-35-10-11-39(30-57)40(22-35)31-58/h10-13,22-23,26-29,45-46,57-61H,8-9,14-21,24-25,30-34H2,1-7H3/q+2/b13-12-. The van der Waals surface area contributed by atoms with Crippen LogP contribution in [-0.4, -0.2) is 135 Å². The van der Waals surface area contributed by atoms with Gasteiger partial charge in [-0.2, -0.15) is 0 Å². The quantitative estimate of drug-likeness (QED) is 0.0275. The molecule has 16 heteroatoms. The van der Waals surface area contributed by atoms with E-state index in [0.717, 1.165) is 65.0 Å². The van der Waals surface area contributed by atoms with E-state index in [-0.39, 0.29) is 58.3 Å². The summed E-state index contributed by atoms with van der Waals surface area (Å²) < 4.78 is 40.9. The number of benzene rings is 4. The second kappa shape index (κ2) is 24.4. The number of rotatable bonds is 24. The van der Waals surface area contributed by atoms with Gasteiger partial charge in [-0.25, -0.2) is 9.59 Å². The molecule has 0 spiro atoms. The van der Waals surface area contributed by atoms with Gasteiger partial charge >= 0.3 is 11.9 Å². The zero-order valence-electron chi connectivity index (χ0n) is 41.8. The summed E-state index contributed by atoms with van der Waals surface area (Å²) in [7, 11) is 12.3. The van der Waals surface area contributed by atoms with E-state index in [4.69, 9.17) is 33.2 Å². The first-order chi connectivity index (χ1) is 33.8. The van der Waals surface area contributed by atoms with Crippen LogP contribution in [0.5, 0.6) is 28.7 Å². The van der Waals surface area contributed by atoms with E-state index in [1.54, 1.807) is 35.5 Å². The van der Waals surface area contributed by atoms with E-state index in [9.17, 15) is 35.1 Å². The van der Waals surface area contributed by atoms with Crippen molar-refractivity contribution in [2.75, 3.05) is 89.0 Å². The summed E-state index contributed by atoms with van der Waals surface area (Å²) in [6.07, 6.45) is 5.90. The molecule has 70 heavy (non-hydrogen) atoms. The monoisotopic (exact) mass is 972 g/mol. The summed E-state index contributed by atoms with van der Waals surface area (Å²) in [5.41, 5.74) is 9.26. The van der Waals surface area contributed by atoms with Gasteiger partial charge in [-0.3, -0.25) is 0 Å². The van der Waals surface area contributed by atoms with E-state index >= 15 is 0 Å². The predicted octanol–water partition coefficient (Wildman–Crippen LogP) is 4.89. The Morgan fingerprint density at radius 1 is 0.557 bits per heavy atom. The van der Waals surface area contributed by atoms with Crippen molar-refractivity contribution in [3.63, 3.8) is 0 Å². The lowest BCUT2D eigenvalue weighted by atomic mass is 9.82. The summed E-state index contributed by atoms with van der Waals surface area (Å²) in [6, 6.07) is 15.4. The molecule has 4 aromatic carbocycles. The molecule has 0 aliphatic carbocycles. The number of ether oxygens (including phenoxy) is 7. The highest BCUT2D eigenvalue weighted by atomic mass is 16.5. The molecule has 0 saturated carbocycles. The second-order valence-electron chi connectivity index (χ2n) is 18.6. The number of quaternary nitrogens is 2. The molecule has 0 bridgehead atoms. The number of carbonyl (C=O) groups excluding carboxylic acids is 2. The molecule has 0 aromatic heterocycles. The minimum Gasteiger partial charge on any atom is -0.496 e. The van der Waals surface area contributed by atoms with Crippen molar-refractivity contribution in [3.05, 3.63) is 122 Å². The molecule has 0 saturated heterocycles. The summed E-state index contributed by atoms with van der Waals surface area (Å²) in [5.74, 6) is 1.56. The number of methoxy groups -OCH3 is 5. The molecule has 16 nitrogen and oxygen atoms in total. The number of likely N-dealkylation sites (N-methyl/N-ethyl adjacent to an activating group) is 2. The highest BCUT2D eigenvalue weighted by Crippen LogP contribution is 2.46. The highest BCUT2D eigenvalue weighted by Gasteiger charge is 2.43. The van der Waals surface area contributed by atoms with Gasteiger partial charge in [-0.1, -0.05) is 24.3 Å². The van der Waals surface area contributed by atoms with Crippen LogP contribution in [0.25, 0.3) is 0 Å². The normalized spacial score (nSPS) is 19.5. The third-order valence-electron chi connectivity index (χ3n) is 14.5. The summed E-state index contributed by atoms with van der Waals surface area (Å²) in [5, 5.41) is 50.7. The average Bonchev–Trinajstić information content (AvgIpc) is 3.38. The lowest BCUT2D eigenvalue weighted by Crippen LogP contribution is -2.53. The van der Waals surface area contributed by atoms with Gasteiger partial charge in [0.05, 0.1) is 128 Å². The van der Waals surface area contributed by atoms with Gasteiger partial charge < -0.3 is 67.7 Å². The average molecular weight is 973 g/mol. The van der Waals surface area contributed by atoms with Crippen LogP contribution in [0.1, 0.15) is 86.1 Å². The van der Waals surface area contributed by atoms with Gasteiger partial charge in [0.2, 0.25) is 0 Å². The summed E-state index contributed by atoms with van der Waals surface area (Å²) in [6.45, 7) is 1.94. The topological polar surface area (TPSA) is 200 Å². The SMILES string of the molecule is COc1cc2c(cc1OC)C(Cc1cc(CO)c(OC)c(OC)c1)[N+](C)(CCCOC(=O)/C=C\C(=O)OCCC[N+]1(C)CCc3cc(CO)c(CO)c(OC)c3C1Cc1ccc(CO)c(CO)c1)CC2. The maximum Gasteiger partial charge on any atom is 0.331 e. The Morgan fingerprint density at radius 3 is 1.66 bits per heavy atom. The number of carbonyl (C=O) groups is 2. The maximum atomic E-state index is 12.9. The third kappa shape index (κ3) is 11.9. The van der Waals surface area contributed by atoms with Crippen molar-refractivity contribution in [1.82, 2.24) is 0 Å². The van der Waals surface area contributed by atoms with Gasteiger partial charge in [0.1, 0.15) is 17.8 Å². The molecule has 0 radical (unpaired) electrons. The summed E-state index contributed by atoms with van der Waals surface area (Å²) in [4.78, 5) is 25.7. The molecule has 0 fully saturated rings. The van der Waals surface area contributed by atoms with Crippen molar-refractivity contribution in [2.45, 2.75) is 83.6 Å². The number of aliphatic hydroxyl groups excluding tert-OH is 5. The zero-order chi connectivity index (χ0) is 50.6. The Morgan fingerprint density at radius 2 is 1.10 bits per heavy atom. The number of hydrogen-bond acceptors (Lipinski definition) is 14. The van der Waals surface area contributed by atoms with Crippen LogP contribution in [0, 0.1) is 0 Å². The Hall–Kier alpha value is -5.72. The molecule has 2 heterocycles. The molecule has 5 N–H and O–H groups in total. The van der Waals surface area contributed by atoms with Crippen molar-refractivity contribution >= 4 is 11.9 Å². The van der Waals surface area contributed by atoms with Crippen molar-refractivity contribution in [1.29, 1.82) is 0 Å². The Kier molecular flexibility index (Phi) is 18.7. The first-order valence-corrected chi connectivity index (χ1v) is 23.8. The van der Waals surface area contributed by atoms with Crippen LogP contribution in [0.4, 0.5) is 0 Å². The fourth-order valence-electron chi connectivity index (χ4n) is 10.6. The minimum atomic E-state index is -0.661. The predicted molar refractivity (Wildman–Crippen MR) is 261 cm³/mol. The molecule has 4 unspecified atom stereocenters. The highest BCUT2D eigenvalue weighted by molar-refractivity contribution is 5.91. The number of esters is 2. The van der Waals surface area contributed by atoms with E-state index < -0.39 is 11.9 Å². The van der Waals surface area contributed by atoms with Crippen LogP contribution in [-0.2, 0) is 77.8 Å². The molecule has 2 aliphatic heterocycles. The third-order valence-corrected chi connectivity index (χ3v) is 14.5. The van der Waals surface area contributed by atoms with Gasteiger partial charge in [-0.15, -0.1) is 0 Å². The lowest BCUT2D eigenvalue weighted by molar-refractivity contribution is -0.941. The van der Waals surface area contributed by atoms with Gasteiger partial charge in [0, 0.05) is 67.4 Å². The van der Waals surface area contributed by atoms with Crippen LogP contribution < -0.4 is 23.7 Å². The Bertz CT molecular complexity index is 2470. The first-order valence-electron chi connectivity index (χ1n) is 23.8. The largest absolute Gasteiger partial charge is 0.496 e. The number of aliphatic hydroxyl groups is 5.